The fourth-order valence-corrected chi connectivity index (χ4v) is 2.12. The second-order valence-electron chi connectivity index (χ2n) is 4.85. The SMILES string of the molecule is CCCCn1c(NC(=O)CCC(=O)[O-])nc2ccccc21. The standard InChI is InChI=1S/C15H19N3O3/c1-2-3-10-18-12-7-5-4-6-11(12)16-15(18)17-13(19)8-9-14(20)21/h4-7H,2-3,8-10H2,1H3,(H,20,21)(H,16,17,19)/p-1. The fourth-order valence-electron chi connectivity index (χ4n) is 2.12. The van der Waals surface area contributed by atoms with Crippen LogP contribution in [0, 0.1) is 0 Å². The number of para-hydroxylation sites is 2. The van der Waals surface area contributed by atoms with Crippen molar-refractivity contribution in [3.05, 3.63) is 24.3 Å². The molecule has 0 saturated heterocycles. The van der Waals surface area contributed by atoms with E-state index in [-0.39, 0.29) is 18.7 Å². The summed E-state index contributed by atoms with van der Waals surface area (Å²) < 4.78 is 1.95. The molecular formula is C15H18N3O3-. The zero-order valence-corrected chi connectivity index (χ0v) is 12.0. The Bertz CT molecular complexity index is 649. The van der Waals surface area contributed by atoms with Crippen LogP contribution in [0.2, 0.25) is 0 Å². The van der Waals surface area contributed by atoms with Crippen LogP contribution in [0.15, 0.2) is 24.3 Å². The molecule has 1 aromatic carbocycles. The molecular weight excluding hydrogens is 270 g/mol. The molecule has 1 amide bonds. The molecule has 0 aliphatic carbocycles. The number of fused-ring (bicyclic) bond motifs is 1. The molecule has 6 heteroatoms. The monoisotopic (exact) mass is 288 g/mol. The summed E-state index contributed by atoms with van der Waals surface area (Å²) in [5, 5.41) is 13.1. The Hall–Kier alpha value is -2.37. The molecule has 1 heterocycles. The molecule has 1 N–H and O–H groups in total. The zero-order valence-electron chi connectivity index (χ0n) is 12.0. The zero-order chi connectivity index (χ0) is 15.2. The van der Waals surface area contributed by atoms with Crippen molar-refractivity contribution in [2.24, 2.45) is 0 Å². The first-order valence-electron chi connectivity index (χ1n) is 7.06. The van der Waals surface area contributed by atoms with E-state index in [4.69, 9.17) is 0 Å². The number of benzene rings is 1. The number of amides is 1. The van der Waals surface area contributed by atoms with E-state index in [0.29, 0.717) is 5.95 Å². The average molecular weight is 288 g/mol. The predicted octanol–water partition coefficient (Wildman–Crippen LogP) is 1.30. The molecule has 2 aromatic rings. The normalized spacial score (nSPS) is 10.7. The first-order chi connectivity index (χ1) is 10.1. The van der Waals surface area contributed by atoms with Crippen LogP contribution in [-0.2, 0) is 16.1 Å². The van der Waals surface area contributed by atoms with Gasteiger partial charge in [-0.15, -0.1) is 0 Å². The minimum atomic E-state index is -1.23. The molecule has 6 nitrogen and oxygen atoms in total. The van der Waals surface area contributed by atoms with E-state index in [1.165, 1.54) is 0 Å². The lowest BCUT2D eigenvalue weighted by Gasteiger charge is -2.09. The van der Waals surface area contributed by atoms with Crippen molar-refractivity contribution in [1.82, 2.24) is 9.55 Å². The highest BCUT2D eigenvalue weighted by Crippen LogP contribution is 2.20. The number of nitrogens with zero attached hydrogens (tertiary/aromatic N) is 2. The van der Waals surface area contributed by atoms with Gasteiger partial charge in [0.25, 0.3) is 0 Å². The van der Waals surface area contributed by atoms with Gasteiger partial charge in [-0.1, -0.05) is 25.5 Å². The summed E-state index contributed by atoms with van der Waals surface area (Å²) in [6, 6.07) is 7.65. The minimum Gasteiger partial charge on any atom is -0.550 e. The lowest BCUT2D eigenvalue weighted by molar-refractivity contribution is -0.305. The average Bonchev–Trinajstić information content (AvgIpc) is 2.80. The second-order valence-corrected chi connectivity index (χ2v) is 4.85. The van der Waals surface area contributed by atoms with Crippen molar-refractivity contribution in [3.63, 3.8) is 0 Å². The van der Waals surface area contributed by atoms with Crippen molar-refractivity contribution in [2.75, 3.05) is 5.32 Å². The number of hydrogen-bond acceptors (Lipinski definition) is 4. The van der Waals surface area contributed by atoms with Gasteiger partial charge in [0, 0.05) is 18.9 Å². The van der Waals surface area contributed by atoms with Gasteiger partial charge in [0.1, 0.15) is 0 Å². The molecule has 0 saturated carbocycles. The smallest absolute Gasteiger partial charge is 0.227 e. The Balaban J connectivity index is 2.21. The number of carbonyl (C=O) groups excluding carboxylic acids is 2. The molecule has 0 spiro atoms. The van der Waals surface area contributed by atoms with Gasteiger partial charge in [-0.3, -0.25) is 10.1 Å². The molecule has 0 fully saturated rings. The van der Waals surface area contributed by atoms with Crippen LogP contribution in [0.4, 0.5) is 5.95 Å². The van der Waals surface area contributed by atoms with Gasteiger partial charge in [0.05, 0.1) is 11.0 Å². The van der Waals surface area contributed by atoms with Crippen molar-refractivity contribution in [1.29, 1.82) is 0 Å². The van der Waals surface area contributed by atoms with Crippen LogP contribution in [0.3, 0.4) is 0 Å². The molecule has 0 atom stereocenters. The molecule has 0 bridgehead atoms. The first-order valence-corrected chi connectivity index (χ1v) is 7.06. The summed E-state index contributed by atoms with van der Waals surface area (Å²) in [4.78, 5) is 26.6. The molecule has 0 radical (unpaired) electrons. The minimum absolute atomic E-state index is 0.112. The van der Waals surface area contributed by atoms with Crippen molar-refractivity contribution >= 4 is 28.9 Å². The van der Waals surface area contributed by atoms with Crippen molar-refractivity contribution in [3.8, 4) is 0 Å². The van der Waals surface area contributed by atoms with Gasteiger partial charge >= 0.3 is 0 Å². The fraction of sp³-hybridized carbons (Fsp3) is 0.400. The maximum Gasteiger partial charge on any atom is 0.227 e. The van der Waals surface area contributed by atoms with Gasteiger partial charge in [-0.25, -0.2) is 4.98 Å². The van der Waals surface area contributed by atoms with E-state index >= 15 is 0 Å². The lowest BCUT2D eigenvalue weighted by atomic mass is 10.3. The number of nitrogens with one attached hydrogen (secondary N) is 1. The number of carboxylic acid groups (broad SMARTS) is 1. The third-order valence-corrected chi connectivity index (χ3v) is 3.20. The van der Waals surface area contributed by atoms with Crippen LogP contribution in [0.1, 0.15) is 32.6 Å². The Morgan fingerprint density at radius 3 is 2.76 bits per heavy atom. The summed E-state index contributed by atoms with van der Waals surface area (Å²) in [6.45, 7) is 2.85. The van der Waals surface area contributed by atoms with Crippen LogP contribution >= 0.6 is 0 Å². The molecule has 1 aromatic heterocycles. The van der Waals surface area contributed by atoms with Gasteiger partial charge < -0.3 is 14.5 Å². The summed E-state index contributed by atoms with van der Waals surface area (Å²) in [5.74, 6) is -1.13. The number of anilines is 1. The number of aliphatic carboxylic acids is 1. The van der Waals surface area contributed by atoms with Crippen molar-refractivity contribution < 1.29 is 14.7 Å². The largest absolute Gasteiger partial charge is 0.550 e. The number of unbranched alkanes of at least 4 members (excludes halogenated alkanes) is 1. The lowest BCUT2D eigenvalue weighted by Crippen LogP contribution is -2.24. The molecule has 112 valence electrons. The van der Waals surface area contributed by atoms with Crippen LogP contribution < -0.4 is 10.4 Å². The Labute approximate surface area is 122 Å². The quantitative estimate of drug-likeness (QED) is 0.832. The Morgan fingerprint density at radius 1 is 1.29 bits per heavy atom. The molecule has 0 unspecified atom stereocenters. The third-order valence-electron chi connectivity index (χ3n) is 3.20. The van der Waals surface area contributed by atoms with Gasteiger partial charge in [0.15, 0.2) is 0 Å². The first kappa shape index (κ1) is 15.0. The summed E-state index contributed by atoms with van der Waals surface area (Å²) in [5.41, 5.74) is 1.77. The van der Waals surface area contributed by atoms with Crippen LogP contribution in [0.5, 0.6) is 0 Å². The number of carboxylic acids is 1. The van der Waals surface area contributed by atoms with E-state index in [1.807, 2.05) is 28.8 Å². The van der Waals surface area contributed by atoms with Gasteiger partial charge in [0.2, 0.25) is 11.9 Å². The van der Waals surface area contributed by atoms with E-state index in [1.54, 1.807) is 0 Å². The topological polar surface area (TPSA) is 87.0 Å². The highest BCUT2D eigenvalue weighted by Gasteiger charge is 2.12. The number of imidazole rings is 1. The highest BCUT2D eigenvalue weighted by atomic mass is 16.4. The molecule has 0 aliphatic heterocycles. The second kappa shape index (κ2) is 6.88. The van der Waals surface area contributed by atoms with E-state index in [0.717, 1.165) is 30.4 Å². The number of aromatic nitrogens is 2. The van der Waals surface area contributed by atoms with E-state index < -0.39 is 5.97 Å². The number of carbonyl (C=O) groups is 2. The summed E-state index contributed by atoms with van der Waals surface area (Å²) in [6.07, 6.45) is 1.60. The summed E-state index contributed by atoms with van der Waals surface area (Å²) in [7, 11) is 0. The van der Waals surface area contributed by atoms with E-state index in [2.05, 4.69) is 17.2 Å². The molecule has 2 rings (SSSR count). The Morgan fingerprint density at radius 2 is 2.05 bits per heavy atom. The Kier molecular flexibility index (Phi) is 4.92. The number of rotatable bonds is 7. The summed E-state index contributed by atoms with van der Waals surface area (Å²) >= 11 is 0. The molecule has 21 heavy (non-hydrogen) atoms. The maximum atomic E-state index is 11.8. The van der Waals surface area contributed by atoms with Gasteiger partial charge in [-0.05, 0) is 25.0 Å². The number of aryl methyl sites for hydroxylation is 1. The predicted molar refractivity (Wildman–Crippen MR) is 77.5 cm³/mol. The molecule has 0 aliphatic rings. The van der Waals surface area contributed by atoms with Gasteiger partial charge in [-0.2, -0.15) is 0 Å². The van der Waals surface area contributed by atoms with Crippen molar-refractivity contribution in [2.45, 2.75) is 39.2 Å². The van der Waals surface area contributed by atoms with E-state index in [9.17, 15) is 14.7 Å². The maximum absolute atomic E-state index is 11.8. The third kappa shape index (κ3) is 3.81. The van der Waals surface area contributed by atoms with Crippen LogP contribution in [-0.4, -0.2) is 21.4 Å². The number of hydrogen-bond donors (Lipinski definition) is 1. The highest BCUT2D eigenvalue weighted by molar-refractivity contribution is 5.92. The van der Waals surface area contributed by atoms with Crippen LogP contribution in [0.25, 0.3) is 11.0 Å².